The Bertz CT molecular complexity index is 738. The standard InChI is InChI=1S/C20H24FN4O/c1-22-24(13-9-21)11-3-5-20(26)25-12-8-17-14-16(6-7-19(17)25)18-4-2-10-23-15-18/h2,4,6-7,10,14-15H,3,5,8-9,11-13H2,1H3/q-1. The van der Waals surface area contributed by atoms with Gasteiger partial charge in [0.2, 0.25) is 5.91 Å². The Kier molecular flexibility index (Phi) is 6.30. The molecule has 0 saturated carbocycles. The quantitative estimate of drug-likeness (QED) is 0.680. The fraction of sp³-hybridized carbons (Fsp3) is 0.400. The first-order chi connectivity index (χ1) is 12.7. The molecular weight excluding hydrogens is 331 g/mol. The van der Waals surface area contributed by atoms with Crippen LogP contribution in [0.3, 0.4) is 0 Å². The van der Waals surface area contributed by atoms with Crippen molar-refractivity contribution in [2.75, 3.05) is 38.3 Å². The van der Waals surface area contributed by atoms with Crippen molar-refractivity contribution in [3.63, 3.8) is 0 Å². The van der Waals surface area contributed by atoms with Gasteiger partial charge in [-0.3, -0.25) is 9.78 Å². The van der Waals surface area contributed by atoms with Gasteiger partial charge in [-0.25, -0.2) is 4.39 Å². The number of hydrogen-bond acceptors (Lipinski definition) is 3. The van der Waals surface area contributed by atoms with Crippen LogP contribution in [0.4, 0.5) is 10.1 Å². The van der Waals surface area contributed by atoms with E-state index in [1.807, 2.05) is 35.4 Å². The van der Waals surface area contributed by atoms with Gasteiger partial charge in [0.1, 0.15) is 6.67 Å². The second kappa shape index (κ2) is 8.87. The molecular formula is C20H24FN4O-. The largest absolute Gasteiger partial charge is 0.597 e. The predicted octanol–water partition coefficient (Wildman–Crippen LogP) is 3.61. The average molecular weight is 355 g/mol. The van der Waals surface area contributed by atoms with Crippen LogP contribution in [0.5, 0.6) is 0 Å². The number of fused-ring (bicyclic) bond motifs is 1. The zero-order valence-electron chi connectivity index (χ0n) is 15.1. The molecule has 1 aliphatic heterocycles. The first kappa shape index (κ1) is 18.5. The molecule has 138 valence electrons. The van der Waals surface area contributed by atoms with Gasteiger partial charge in [-0.15, -0.1) is 0 Å². The molecule has 0 unspecified atom stereocenters. The molecule has 6 heteroatoms. The molecule has 0 saturated heterocycles. The van der Waals surface area contributed by atoms with Crippen molar-refractivity contribution in [3.05, 3.63) is 53.7 Å². The Morgan fingerprint density at radius 3 is 2.92 bits per heavy atom. The van der Waals surface area contributed by atoms with Gasteiger partial charge >= 0.3 is 0 Å². The molecule has 1 aliphatic rings. The number of hydrogen-bond donors (Lipinski definition) is 0. The van der Waals surface area contributed by atoms with Crippen molar-refractivity contribution in [2.45, 2.75) is 19.3 Å². The highest BCUT2D eigenvalue weighted by atomic mass is 19.1. The number of carbonyl (C=O) groups is 1. The topological polar surface area (TPSA) is 50.5 Å². The molecule has 1 amide bonds. The van der Waals surface area contributed by atoms with E-state index in [0.717, 1.165) is 29.8 Å². The number of benzene rings is 1. The van der Waals surface area contributed by atoms with Crippen molar-refractivity contribution >= 4 is 11.6 Å². The summed E-state index contributed by atoms with van der Waals surface area (Å²) in [6.07, 6.45) is 5.60. The van der Waals surface area contributed by atoms with Crippen LogP contribution in [0.15, 0.2) is 42.7 Å². The minimum atomic E-state index is -0.427. The van der Waals surface area contributed by atoms with E-state index in [4.69, 9.17) is 0 Å². The molecule has 0 atom stereocenters. The summed E-state index contributed by atoms with van der Waals surface area (Å²) in [4.78, 5) is 18.6. The van der Waals surface area contributed by atoms with Gasteiger partial charge in [0.15, 0.2) is 0 Å². The zero-order chi connectivity index (χ0) is 18.4. The second-order valence-electron chi connectivity index (χ2n) is 6.33. The second-order valence-corrected chi connectivity index (χ2v) is 6.33. The van der Waals surface area contributed by atoms with E-state index in [-0.39, 0.29) is 12.5 Å². The van der Waals surface area contributed by atoms with Gasteiger partial charge in [0.25, 0.3) is 0 Å². The third-order valence-electron chi connectivity index (χ3n) is 4.70. The van der Waals surface area contributed by atoms with Crippen LogP contribution < -0.4 is 4.90 Å². The van der Waals surface area contributed by atoms with Crippen LogP contribution in [0.2, 0.25) is 0 Å². The molecule has 0 aliphatic carbocycles. The van der Waals surface area contributed by atoms with E-state index in [0.29, 0.717) is 19.4 Å². The summed E-state index contributed by atoms with van der Waals surface area (Å²) in [5.74, 6) is 0.120. The first-order valence-corrected chi connectivity index (χ1v) is 8.97. The zero-order valence-corrected chi connectivity index (χ0v) is 15.1. The number of carbonyl (C=O) groups excluding carboxylic acids is 1. The lowest BCUT2D eigenvalue weighted by atomic mass is 10.0. The Labute approximate surface area is 153 Å². The molecule has 0 bridgehead atoms. The maximum Gasteiger partial charge on any atom is 0.227 e. The lowest BCUT2D eigenvalue weighted by molar-refractivity contribution is -0.118. The van der Waals surface area contributed by atoms with E-state index >= 15 is 0 Å². The molecule has 2 aromatic rings. The number of alkyl halides is 1. The van der Waals surface area contributed by atoms with Crippen LogP contribution in [0.25, 0.3) is 16.6 Å². The van der Waals surface area contributed by atoms with Crippen molar-refractivity contribution < 1.29 is 9.18 Å². The lowest BCUT2D eigenvalue weighted by Crippen LogP contribution is -2.30. The molecule has 0 fully saturated rings. The van der Waals surface area contributed by atoms with Crippen LogP contribution in [0.1, 0.15) is 18.4 Å². The summed E-state index contributed by atoms with van der Waals surface area (Å²) in [5.41, 5.74) is 8.41. The Balaban J connectivity index is 1.61. The van der Waals surface area contributed by atoms with Gasteiger partial charge in [-0.2, -0.15) is 7.05 Å². The number of halogens is 1. The monoisotopic (exact) mass is 355 g/mol. The third kappa shape index (κ3) is 4.26. The highest BCUT2D eigenvalue weighted by molar-refractivity contribution is 5.95. The molecule has 5 nitrogen and oxygen atoms in total. The van der Waals surface area contributed by atoms with Crippen LogP contribution in [0, 0.1) is 0 Å². The number of anilines is 1. The smallest absolute Gasteiger partial charge is 0.227 e. The number of amides is 1. The van der Waals surface area contributed by atoms with Crippen LogP contribution >= 0.6 is 0 Å². The Morgan fingerprint density at radius 1 is 1.31 bits per heavy atom. The van der Waals surface area contributed by atoms with E-state index in [1.54, 1.807) is 18.3 Å². The van der Waals surface area contributed by atoms with Crippen molar-refractivity contribution in [1.29, 1.82) is 0 Å². The lowest BCUT2D eigenvalue weighted by Gasteiger charge is -2.33. The molecule has 0 N–H and O–H groups in total. The maximum atomic E-state index is 12.6. The van der Waals surface area contributed by atoms with Crippen molar-refractivity contribution in [3.8, 4) is 11.1 Å². The summed E-state index contributed by atoms with van der Waals surface area (Å²) >= 11 is 0. The summed E-state index contributed by atoms with van der Waals surface area (Å²) < 4.78 is 12.4. The normalized spacial score (nSPS) is 13.3. The SMILES string of the molecule is C[N-]N(CCF)CCCC(=O)N1CCc2cc(-c3cccnc3)ccc21. The Morgan fingerprint density at radius 2 is 2.19 bits per heavy atom. The fourth-order valence-electron chi connectivity index (χ4n) is 3.33. The maximum absolute atomic E-state index is 12.6. The molecule has 26 heavy (non-hydrogen) atoms. The van der Waals surface area contributed by atoms with E-state index in [9.17, 15) is 9.18 Å². The predicted molar refractivity (Wildman–Crippen MR) is 102 cm³/mol. The fourth-order valence-corrected chi connectivity index (χ4v) is 3.33. The molecule has 1 aromatic carbocycles. The molecule has 0 spiro atoms. The Hall–Kier alpha value is -2.31. The van der Waals surface area contributed by atoms with Crippen molar-refractivity contribution in [2.24, 2.45) is 0 Å². The van der Waals surface area contributed by atoms with E-state index in [2.05, 4.69) is 16.5 Å². The van der Waals surface area contributed by atoms with Gasteiger partial charge in [-0.1, -0.05) is 12.1 Å². The van der Waals surface area contributed by atoms with Gasteiger partial charge < -0.3 is 15.3 Å². The number of aromatic nitrogens is 1. The van der Waals surface area contributed by atoms with Gasteiger partial charge in [-0.05, 0) is 54.3 Å². The summed E-state index contributed by atoms with van der Waals surface area (Å²) in [6, 6.07) is 10.2. The van der Waals surface area contributed by atoms with Crippen LogP contribution in [-0.2, 0) is 11.2 Å². The van der Waals surface area contributed by atoms with Crippen molar-refractivity contribution in [1.82, 2.24) is 9.99 Å². The third-order valence-corrected chi connectivity index (χ3v) is 4.70. The van der Waals surface area contributed by atoms with E-state index < -0.39 is 6.67 Å². The average Bonchev–Trinajstić information content (AvgIpc) is 3.11. The summed E-state index contributed by atoms with van der Waals surface area (Å²) in [6.45, 7) is 1.18. The van der Waals surface area contributed by atoms with E-state index in [1.165, 1.54) is 5.56 Å². The molecule has 1 aromatic heterocycles. The summed E-state index contributed by atoms with van der Waals surface area (Å²) in [5, 5.41) is 1.67. The molecule has 0 radical (unpaired) electrons. The molecule has 3 rings (SSSR count). The minimum Gasteiger partial charge on any atom is -0.597 e. The molecule has 2 heterocycles. The highest BCUT2D eigenvalue weighted by Crippen LogP contribution is 2.32. The number of pyridine rings is 1. The van der Waals surface area contributed by atoms with Gasteiger partial charge in [0.05, 0.1) is 0 Å². The summed E-state index contributed by atoms with van der Waals surface area (Å²) in [7, 11) is 1.65. The minimum absolute atomic E-state index is 0.120. The van der Waals surface area contributed by atoms with Gasteiger partial charge in [0, 0.05) is 37.6 Å². The first-order valence-electron chi connectivity index (χ1n) is 8.97. The number of nitrogens with zero attached hydrogens (tertiary/aromatic N) is 4. The van der Waals surface area contributed by atoms with Crippen LogP contribution in [-0.4, -0.2) is 49.3 Å². The highest BCUT2D eigenvalue weighted by Gasteiger charge is 2.24. The number of rotatable bonds is 8.